The fourth-order valence-electron chi connectivity index (χ4n) is 2.44. The third-order valence-corrected chi connectivity index (χ3v) is 3.68. The molecule has 3 rings (SSSR count). The van der Waals surface area contributed by atoms with Crippen LogP contribution in [-0.4, -0.2) is 11.1 Å². The first-order valence-corrected chi connectivity index (χ1v) is 6.28. The van der Waals surface area contributed by atoms with Gasteiger partial charge in [0.05, 0.1) is 11.3 Å². The molecule has 1 aromatic carbocycles. The van der Waals surface area contributed by atoms with Crippen molar-refractivity contribution in [2.24, 2.45) is 0 Å². The molecule has 0 fully saturated rings. The van der Waals surface area contributed by atoms with E-state index >= 15 is 0 Å². The lowest BCUT2D eigenvalue weighted by Crippen LogP contribution is -2.28. The average Bonchev–Trinajstić information content (AvgIpc) is 2.73. The van der Waals surface area contributed by atoms with Gasteiger partial charge >= 0.3 is 0 Å². The largest absolute Gasteiger partial charge is 0.331 e. The summed E-state index contributed by atoms with van der Waals surface area (Å²) in [6.07, 6.45) is 0. The van der Waals surface area contributed by atoms with E-state index in [0.29, 0.717) is 17.3 Å². The second-order valence-electron chi connectivity index (χ2n) is 4.29. The van der Waals surface area contributed by atoms with Crippen molar-refractivity contribution in [3.63, 3.8) is 0 Å². The van der Waals surface area contributed by atoms with Gasteiger partial charge in [-0.3, -0.25) is 0 Å². The van der Waals surface area contributed by atoms with Gasteiger partial charge in [-0.2, -0.15) is 5.26 Å². The minimum Gasteiger partial charge on any atom is -0.331 e. The molecule has 1 aliphatic rings. The number of hydrogen-bond donors (Lipinski definition) is 1. The van der Waals surface area contributed by atoms with Gasteiger partial charge in [0.2, 0.25) is 0 Å². The predicted molar refractivity (Wildman–Crippen MR) is 71.3 cm³/mol. The summed E-state index contributed by atoms with van der Waals surface area (Å²) in [6, 6.07) is 12.2. The van der Waals surface area contributed by atoms with Crippen LogP contribution in [0.1, 0.15) is 11.3 Å². The Hall–Kier alpha value is -1.76. The Morgan fingerprint density at radius 3 is 2.78 bits per heavy atom. The molecule has 0 saturated carbocycles. The molecular weight excluding hydrogens is 246 g/mol. The highest BCUT2D eigenvalue weighted by Gasteiger charge is 2.24. The molecule has 0 bridgehead atoms. The fourth-order valence-corrected chi connectivity index (χ4v) is 2.83. The molecule has 0 saturated heterocycles. The second-order valence-corrected chi connectivity index (χ2v) is 4.65. The number of hydrogen-bond acceptors (Lipinski definition) is 2. The van der Waals surface area contributed by atoms with Crippen LogP contribution in [0.5, 0.6) is 0 Å². The molecule has 4 heteroatoms. The Kier molecular flexibility index (Phi) is 2.83. The van der Waals surface area contributed by atoms with Crippen LogP contribution in [0.25, 0.3) is 11.1 Å². The zero-order chi connectivity index (χ0) is 12.5. The molecule has 3 nitrogen and oxygen atoms in total. The lowest BCUT2D eigenvalue weighted by atomic mass is 10.0. The van der Waals surface area contributed by atoms with Crippen molar-refractivity contribution in [1.29, 1.82) is 5.26 Å². The molecule has 0 amide bonds. The molecular formula is C14H12ClN3. The molecule has 1 N–H and O–H groups in total. The number of halogens is 1. The van der Waals surface area contributed by atoms with Gasteiger partial charge in [-0.1, -0.05) is 41.9 Å². The Balaban J connectivity index is 2.27. The third kappa shape index (κ3) is 1.62. The normalized spacial score (nSPS) is 14.0. The molecule has 1 aromatic heterocycles. The van der Waals surface area contributed by atoms with Gasteiger partial charge < -0.3 is 9.88 Å². The van der Waals surface area contributed by atoms with Crippen LogP contribution in [0.2, 0.25) is 5.15 Å². The summed E-state index contributed by atoms with van der Waals surface area (Å²) >= 11 is 6.44. The van der Waals surface area contributed by atoms with E-state index in [2.05, 4.69) is 11.4 Å². The topological polar surface area (TPSA) is 40.8 Å². The zero-order valence-corrected chi connectivity index (χ0v) is 10.5. The molecule has 2 aromatic rings. The molecule has 0 aliphatic carbocycles. The van der Waals surface area contributed by atoms with Gasteiger partial charge in [-0.05, 0) is 5.56 Å². The monoisotopic (exact) mass is 257 g/mol. The molecule has 0 atom stereocenters. The number of benzene rings is 1. The molecule has 1 aliphatic heterocycles. The summed E-state index contributed by atoms with van der Waals surface area (Å²) < 4.78 is 2.04. The SMILES string of the molecule is N#Cc1c(-c2ccccc2)c(Cl)n2c1CNCC2. The van der Waals surface area contributed by atoms with Crippen molar-refractivity contribution in [3.8, 4) is 17.2 Å². The third-order valence-electron chi connectivity index (χ3n) is 3.29. The first-order chi connectivity index (χ1) is 8.83. The molecule has 90 valence electrons. The maximum Gasteiger partial charge on any atom is 0.118 e. The molecule has 2 heterocycles. The number of fused-ring (bicyclic) bond motifs is 1. The summed E-state index contributed by atoms with van der Waals surface area (Å²) in [5.41, 5.74) is 3.55. The maximum atomic E-state index is 9.40. The van der Waals surface area contributed by atoms with Gasteiger partial charge in [-0.15, -0.1) is 0 Å². The van der Waals surface area contributed by atoms with Crippen molar-refractivity contribution in [3.05, 3.63) is 46.7 Å². The quantitative estimate of drug-likeness (QED) is 0.853. The smallest absolute Gasteiger partial charge is 0.118 e. The standard InChI is InChI=1S/C14H12ClN3/c15-14-13(10-4-2-1-3-5-10)11(8-16)12-9-17-6-7-18(12)14/h1-5,17H,6-7,9H2. The van der Waals surface area contributed by atoms with Crippen LogP contribution in [0.15, 0.2) is 30.3 Å². The Bertz CT molecular complexity index is 623. The number of rotatable bonds is 1. The number of nitrogens with zero attached hydrogens (tertiary/aromatic N) is 2. The van der Waals surface area contributed by atoms with Crippen LogP contribution in [0, 0.1) is 11.3 Å². The van der Waals surface area contributed by atoms with Gasteiger partial charge in [-0.25, -0.2) is 0 Å². The highest BCUT2D eigenvalue weighted by atomic mass is 35.5. The van der Waals surface area contributed by atoms with Crippen molar-refractivity contribution >= 4 is 11.6 Å². The number of aromatic nitrogens is 1. The Labute approximate surface area is 111 Å². The van der Waals surface area contributed by atoms with E-state index in [1.165, 1.54) is 0 Å². The molecule has 0 unspecified atom stereocenters. The second kappa shape index (κ2) is 4.49. The van der Waals surface area contributed by atoms with E-state index in [4.69, 9.17) is 11.6 Å². The minimum absolute atomic E-state index is 0.675. The van der Waals surface area contributed by atoms with Gasteiger partial charge in [0.1, 0.15) is 11.2 Å². The minimum atomic E-state index is 0.675. The zero-order valence-electron chi connectivity index (χ0n) is 9.78. The summed E-state index contributed by atoms with van der Waals surface area (Å²) in [4.78, 5) is 0. The average molecular weight is 258 g/mol. The van der Waals surface area contributed by atoms with Crippen molar-refractivity contribution in [2.75, 3.05) is 6.54 Å². The molecule has 0 spiro atoms. The van der Waals surface area contributed by atoms with Gasteiger partial charge in [0, 0.05) is 25.2 Å². The first-order valence-electron chi connectivity index (χ1n) is 5.90. The lowest BCUT2D eigenvalue weighted by molar-refractivity contribution is 0.516. The van der Waals surface area contributed by atoms with Crippen LogP contribution < -0.4 is 5.32 Å². The van der Waals surface area contributed by atoms with Crippen molar-refractivity contribution in [2.45, 2.75) is 13.1 Å². The van der Waals surface area contributed by atoms with Crippen LogP contribution in [0.3, 0.4) is 0 Å². The number of nitriles is 1. The van der Waals surface area contributed by atoms with Crippen molar-refractivity contribution in [1.82, 2.24) is 9.88 Å². The first kappa shape index (κ1) is 11.3. The van der Waals surface area contributed by atoms with E-state index in [0.717, 1.165) is 29.9 Å². The van der Waals surface area contributed by atoms with E-state index in [1.54, 1.807) is 0 Å². The summed E-state index contributed by atoms with van der Waals surface area (Å²) in [5, 5.41) is 13.4. The lowest BCUT2D eigenvalue weighted by Gasteiger charge is -2.17. The van der Waals surface area contributed by atoms with E-state index in [1.807, 2.05) is 34.9 Å². The van der Waals surface area contributed by atoms with Gasteiger partial charge in [0.25, 0.3) is 0 Å². The van der Waals surface area contributed by atoms with Gasteiger partial charge in [0.15, 0.2) is 0 Å². The maximum absolute atomic E-state index is 9.40. The summed E-state index contributed by atoms with van der Waals surface area (Å²) in [7, 11) is 0. The Morgan fingerprint density at radius 1 is 1.28 bits per heavy atom. The van der Waals surface area contributed by atoms with Crippen LogP contribution >= 0.6 is 11.6 Å². The van der Waals surface area contributed by atoms with Crippen molar-refractivity contribution < 1.29 is 0 Å². The highest BCUT2D eigenvalue weighted by Crippen LogP contribution is 2.36. The number of nitrogens with one attached hydrogen (secondary N) is 1. The Morgan fingerprint density at radius 2 is 2.06 bits per heavy atom. The van der Waals surface area contributed by atoms with E-state index < -0.39 is 0 Å². The van der Waals surface area contributed by atoms with Crippen LogP contribution in [0.4, 0.5) is 0 Å². The van der Waals surface area contributed by atoms with E-state index in [-0.39, 0.29) is 0 Å². The predicted octanol–water partition coefficient (Wildman–Crippen LogP) is 2.78. The fraction of sp³-hybridized carbons (Fsp3) is 0.214. The van der Waals surface area contributed by atoms with Crippen LogP contribution in [-0.2, 0) is 13.1 Å². The molecule has 0 radical (unpaired) electrons. The molecule has 18 heavy (non-hydrogen) atoms. The van der Waals surface area contributed by atoms with E-state index in [9.17, 15) is 5.26 Å². The highest BCUT2D eigenvalue weighted by molar-refractivity contribution is 6.33. The summed E-state index contributed by atoms with van der Waals surface area (Å²) in [5.74, 6) is 0. The summed E-state index contributed by atoms with van der Waals surface area (Å²) in [6.45, 7) is 2.41.